The van der Waals surface area contributed by atoms with E-state index in [-0.39, 0.29) is 11.6 Å². The molecule has 2 heterocycles. The van der Waals surface area contributed by atoms with Crippen molar-refractivity contribution in [3.63, 3.8) is 0 Å². The second kappa shape index (κ2) is 4.93. The minimum Gasteiger partial charge on any atom is -0.316 e. The fourth-order valence-electron chi connectivity index (χ4n) is 1.79. The first-order chi connectivity index (χ1) is 9.75. The summed E-state index contributed by atoms with van der Waals surface area (Å²) in [7, 11) is 0. The number of nitrogens with one attached hydrogen (secondary N) is 1. The van der Waals surface area contributed by atoms with E-state index in [4.69, 9.17) is 0 Å². The van der Waals surface area contributed by atoms with Crippen LogP contribution in [0.1, 0.15) is 10.4 Å². The molecule has 2 aromatic heterocycles. The van der Waals surface area contributed by atoms with Gasteiger partial charge in [0.05, 0.1) is 6.20 Å². The van der Waals surface area contributed by atoms with Crippen LogP contribution in [0.2, 0.25) is 0 Å². The van der Waals surface area contributed by atoms with Crippen LogP contribution in [0.4, 0.5) is 5.69 Å². The van der Waals surface area contributed by atoms with Crippen LogP contribution in [-0.2, 0) is 0 Å². The van der Waals surface area contributed by atoms with Crippen LogP contribution in [0.3, 0.4) is 0 Å². The molecule has 1 amide bonds. The SMILES string of the molecule is O=C(Nc1cnc2cccnn2c1=O)c1ccccc1. The highest BCUT2D eigenvalue weighted by Gasteiger charge is 2.10. The molecule has 0 unspecified atom stereocenters. The second-order valence-electron chi connectivity index (χ2n) is 4.09. The van der Waals surface area contributed by atoms with E-state index in [0.29, 0.717) is 11.2 Å². The molecule has 1 aromatic carbocycles. The van der Waals surface area contributed by atoms with Gasteiger partial charge in [-0.15, -0.1) is 0 Å². The van der Waals surface area contributed by atoms with Crippen molar-refractivity contribution in [2.24, 2.45) is 0 Å². The molecule has 20 heavy (non-hydrogen) atoms. The normalized spacial score (nSPS) is 10.4. The first-order valence-corrected chi connectivity index (χ1v) is 5.95. The number of amides is 1. The summed E-state index contributed by atoms with van der Waals surface area (Å²) < 4.78 is 1.14. The maximum absolute atomic E-state index is 12.1. The molecular formula is C14H10N4O2. The number of hydrogen-bond acceptors (Lipinski definition) is 4. The van der Waals surface area contributed by atoms with Crippen LogP contribution in [0.25, 0.3) is 5.65 Å². The predicted octanol–water partition coefficient (Wildman–Crippen LogP) is 1.34. The van der Waals surface area contributed by atoms with Crippen molar-refractivity contribution in [3.05, 3.63) is 70.8 Å². The van der Waals surface area contributed by atoms with Gasteiger partial charge < -0.3 is 5.32 Å². The molecule has 0 saturated heterocycles. The standard InChI is InChI=1S/C14H10N4O2/c19-13(10-5-2-1-3-6-10)17-11-9-15-12-7-4-8-16-18(12)14(11)20/h1-9H,(H,17,19). The third-order valence-electron chi connectivity index (χ3n) is 2.76. The molecule has 0 aliphatic heterocycles. The largest absolute Gasteiger partial charge is 0.316 e. The van der Waals surface area contributed by atoms with E-state index in [0.717, 1.165) is 4.52 Å². The van der Waals surface area contributed by atoms with Gasteiger partial charge in [-0.1, -0.05) is 18.2 Å². The summed E-state index contributed by atoms with van der Waals surface area (Å²) in [4.78, 5) is 28.2. The smallest absolute Gasteiger partial charge is 0.298 e. The van der Waals surface area contributed by atoms with Crippen molar-refractivity contribution >= 4 is 17.2 Å². The lowest BCUT2D eigenvalue weighted by atomic mass is 10.2. The third-order valence-corrected chi connectivity index (χ3v) is 2.76. The Hall–Kier alpha value is -3.02. The zero-order valence-corrected chi connectivity index (χ0v) is 10.4. The number of fused-ring (bicyclic) bond motifs is 1. The van der Waals surface area contributed by atoms with Crippen LogP contribution in [0, 0.1) is 0 Å². The lowest BCUT2D eigenvalue weighted by molar-refractivity contribution is 0.102. The van der Waals surface area contributed by atoms with E-state index in [1.165, 1.54) is 12.4 Å². The molecule has 0 radical (unpaired) electrons. The van der Waals surface area contributed by atoms with E-state index in [1.807, 2.05) is 6.07 Å². The van der Waals surface area contributed by atoms with Gasteiger partial charge in [0, 0.05) is 11.8 Å². The van der Waals surface area contributed by atoms with Crippen LogP contribution in [-0.4, -0.2) is 20.5 Å². The molecular weight excluding hydrogens is 256 g/mol. The first-order valence-electron chi connectivity index (χ1n) is 5.95. The van der Waals surface area contributed by atoms with Crippen LogP contribution in [0.5, 0.6) is 0 Å². The Morgan fingerprint density at radius 3 is 2.70 bits per heavy atom. The van der Waals surface area contributed by atoms with Gasteiger partial charge in [0.15, 0.2) is 5.65 Å². The third kappa shape index (κ3) is 2.14. The molecule has 0 fully saturated rings. The van der Waals surface area contributed by atoms with E-state index in [2.05, 4.69) is 15.4 Å². The lowest BCUT2D eigenvalue weighted by Crippen LogP contribution is -2.24. The fourth-order valence-corrected chi connectivity index (χ4v) is 1.79. The Morgan fingerprint density at radius 2 is 1.90 bits per heavy atom. The molecule has 6 heteroatoms. The fraction of sp³-hybridized carbons (Fsp3) is 0. The number of hydrogen-bond donors (Lipinski definition) is 1. The minimum absolute atomic E-state index is 0.0926. The van der Waals surface area contributed by atoms with E-state index in [1.54, 1.807) is 36.4 Å². The summed E-state index contributed by atoms with van der Waals surface area (Å²) in [5.74, 6) is -0.361. The van der Waals surface area contributed by atoms with Gasteiger partial charge in [-0.3, -0.25) is 9.59 Å². The van der Waals surface area contributed by atoms with Crippen LogP contribution in [0.15, 0.2) is 59.7 Å². The monoisotopic (exact) mass is 266 g/mol. The average molecular weight is 266 g/mol. The number of carbonyl (C=O) groups is 1. The molecule has 6 nitrogen and oxygen atoms in total. The highest BCUT2D eigenvalue weighted by atomic mass is 16.2. The molecule has 0 saturated carbocycles. The summed E-state index contributed by atoms with van der Waals surface area (Å²) in [6, 6.07) is 12.0. The maximum Gasteiger partial charge on any atom is 0.298 e. The first kappa shape index (κ1) is 12.0. The molecule has 0 aliphatic rings. The molecule has 0 atom stereocenters. The maximum atomic E-state index is 12.1. The zero-order valence-electron chi connectivity index (χ0n) is 10.4. The Morgan fingerprint density at radius 1 is 1.10 bits per heavy atom. The summed E-state index contributed by atoms with van der Waals surface area (Å²) in [6.07, 6.45) is 2.82. The van der Waals surface area contributed by atoms with E-state index < -0.39 is 5.56 Å². The van der Waals surface area contributed by atoms with Crippen molar-refractivity contribution < 1.29 is 4.79 Å². The zero-order chi connectivity index (χ0) is 13.9. The van der Waals surface area contributed by atoms with Crippen molar-refractivity contribution in [2.75, 3.05) is 5.32 Å². The Labute approximate surface area is 113 Å². The van der Waals surface area contributed by atoms with Gasteiger partial charge in [-0.2, -0.15) is 9.61 Å². The number of rotatable bonds is 2. The average Bonchev–Trinajstić information content (AvgIpc) is 2.51. The Balaban J connectivity index is 1.98. The van der Waals surface area contributed by atoms with Gasteiger partial charge in [0.25, 0.3) is 11.5 Å². The van der Waals surface area contributed by atoms with Crippen molar-refractivity contribution in [1.82, 2.24) is 14.6 Å². The van der Waals surface area contributed by atoms with Crippen molar-refractivity contribution in [3.8, 4) is 0 Å². The molecule has 3 aromatic rings. The van der Waals surface area contributed by atoms with E-state index >= 15 is 0 Å². The summed E-state index contributed by atoms with van der Waals surface area (Å²) in [5.41, 5.74) is 0.572. The van der Waals surface area contributed by atoms with E-state index in [9.17, 15) is 9.59 Å². The molecule has 0 bridgehead atoms. The lowest BCUT2D eigenvalue weighted by Gasteiger charge is -2.05. The predicted molar refractivity (Wildman–Crippen MR) is 73.7 cm³/mol. The van der Waals surface area contributed by atoms with Gasteiger partial charge in [0.2, 0.25) is 0 Å². The number of benzene rings is 1. The van der Waals surface area contributed by atoms with Gasteiger partial charge in [-0.05, 0) is 24.3 Å². The highest BCUT2D eigenvalue weighted by molar-refractivity contribution is 6.04. The Bertz CT molecular complexity index is 827. The minimum atomic E-state index is -0.417. The number of carbonyl (C=O) groups excluding carboxylic acids is 1. The molecule has 1 N–H and O–H groups in total. The number of anilines is 1. The van der Waals surface area contributed by atoms with Crippen LogP contribution < -0.4 is 10.9 Å². The van der Waals surface area contributed by atoms with Gasteiger partial charge in [-0.25, -0.2) is 4.98 Å². The molecule has 3 rings (SSSR count). The molecule has 0 spiro atoms. The topological polar surface area (TPSA) is 76.4 Å². The summed E-state index contributed by atoms with van der Waals surface area (Å²) in [5, 5.41) is 6.46. The summed E-state index contributed by atoms with van der Waals surface area (Å²) >= 11 is 0. The van der Waals surface area contributed by atoms with Gasteiger partial charge >= 0.3 is 0 Å². The second-order valence-corrected chi connectivity index (χ2v) is 4.09. The molecule has 98 valence electrons. The number of nitrogens with zero attached hydrogens (tertiary/aromatic N) is 3. The summed E-state index contributed by atoms with van der Waals surface area (Å²) in [6.45, 7) is 0. The quantitative estimate of drug-likeness (QED) is 0.759. The van der Waals surface area contributed by atoms with Gasteiger partial charge in [0.1, 0.15) is 5.69 Å². The van der Waals surface area contributed by atoms with Crippen molar-refractivity contribution in [1.29, 1.82) is 0 Å². The Kier molecular flexibility index (Phi) is 2.96. The number of aromatic nitrogens is 3. The van der Waals surface area contributed by atoms with Crippen LogP contribution >= 0.6 is 0 Å². The highest BCUT2D eigenvalue weighted by Crippen LogP contribution is 2.04. The van der Waals surface area contributed by atoms with Crippen molar-refractivity contribution in [2.45, 2.75) is 0 Å². The molecule has 0 aliphatic carbocycles.